The molecule has 3 aliphatic heterocycles. The molecule has 0 aliphatic carbocycles. The third-order valence-corrected chi connectivity index (χ3v) is 12.7. The number of halogens is 1. The smallest absolute Gasteiger partial charge is 0.251 e. The first-order valence-electron chi connectivity index (χ1n) is 16.5. The number of nitrogens with zero attached hydrogens (tertiary/aromatic N) is 3. The van der Waals surface area contributed by atoms with Gasteiger partial charge in [-0.1, -0.05) is 63.1 Å². The van der Waals surface area contributed by atoms with E-state index in [0.29, 0.717) is 41.6 Å². The number of rotatable bonds is 14. The summed E-state index contributed by atoms with van der Waals surface area (Å²) in [7, 11) is 0. The van der Waals surface area contributed by atoms with Crippen molar-refractivity contribution in [3.05, 3.63) is 78.9 Å². The van der Waals surface area contributed by atoms with Crippen LogP contribution in [-0.4, -0.2) is 76.1 Å². The number of carbonyl (C=O) groups excluding carboxylic acids is 3. The average molecular weight is 680 g/mol. The molecule has 47 heavy (non-hydrogen) atoms. The van der Waals surface area contributed by atoms with Gasteiger partial charge in [-0.05, 0) is 61.6 Å². The molecule has 2 bridgehead atoms. The molecule has 0 saturated carbocycles. The van der Waals surface area contributed by atoms with Crippen LogP contribution in [0.15, 0.2) is 73.8 Å². The summed E-state index contributed by atoms with van der Waals surface area (Å²) in [5.74, 6) is -1.51. The van der Waals surface area contributed by atoms with Gasteiger partial charge in [-0.25, -0.2) is 0 Å². The second-order valence-corrected chi connectivity index (χ2v) is 14.7. The monoisotopic (exact) mass is 679 g/mol. The molecule has 3 amide bonds. The Balaban J connectivity index is 1.63. The Morgan fingerprint density at radius 1 is 1.11 bits per heavy atom. The Kier molecular flexibility index (Phi) is 10.8. The number of hydrogen-bond acceptors (Lipinski definition) is 6. The number of anilines is 2. The number of fused-ring (bicyclic) bond motifs is 1. The van der Waals surface area contributed by atoms with Crippen molar-refractivity contribution in [1.29, 1.82) is 0 Å². The van der Waals surface area contributed by atoms with Gasteiger partial charge in [0.15, 0.2) is 0 Å². The Hall–Kier alpha value is -3.27. The van der Waals surface area contributed by atoms with Crippen LogP contribution in [0, 0.1) is 23.7 Å². The summed E-state index contributed by atoms with van der Waals surface area (Å²) in [6.07, 6.45) is 4.72. The lowest BCUT2D eigenvalue weighted by atomic mass is 9.65. The van der Waals surface area contributed by atoms with E-state index in [1.54, 1.807) is 56.8 Å². The zero-order chi connectivity index (χ0) is 34.0. The second kappa shape index (κ2) is 14.5. The van der Waals surface area contributed by atoms with E-state index in [-0.39, 0.29) is 54.5 Å². The summed E-state index contributed by atoms with van der Waals surface area (Å²) >= 11 is 8.26. The fraction of sp³-hybridized carbons (Fsp3) is 0.486. The van der Waals surface area contributed by atoms with Crippen LogP contribution in [0.5, 0.6) is 5.75 Å². The van der Waals surface area contributed by atoms with E-state index in [1.807, 2.05) is 51.1 Å². The quantitative estimate of drug-likeness (QED) is 0.239. The molecule has 1 N–H and O–H groups in total. The number of aliphatic hydroxyl groups excluding tert-OH is 1. The van der Waals surface area contributed by atoms with Gasteiger partial charge in [-0.3, -0.25) is 14.4 Å². The molecule has 3 heterocycles. The Bertz CT molecular complexity index is 1500. The molecular weight excluding hydrogens is 634 g/mol. The molecule has 2 aromatic carbocycles. The topological polar surface area (TPSA) is 90.4 Å². The molecule has 3 fully saturated rings. The molecule has 3 unspecified atom stereocenters. The van der Waals surface area contributed by atoms with Gasteiger partial charge in [0, 0.05) is 24.0 Å². The Labute approximate surface area is 287 Å². The minimum atomic E-state index is -0.913. The second-order valence-electron chi connectivity index (χ2n) is 12.8. The highest BCUT2D eigenvalue weighted by Crippen LogP contribution is 2.69. The van der Waals surface area contributed by atoms with Crippen molar-refractivity contribution in [1.82, 2.24) is 4.90 Å². The highest BCUT2D eigenvalue weighted by Gasteiger charge is 2.77. The Morgan fingerprint density at radius 2 is 1.77 bits per heavy atom. The fourth-order valence-electron chi connectivity index (χ4n) is 7.97. The molecule has 3 aliphatic rings. The summed E-state index contributed by atoms with van der Waals surface area (Å²) in [6, 6.07) is 13.0. The fourth-order valence-corrected chi connectivity index (χ4v) is 10.6. The maximum absolute atomic E-state index is 15.1. The number of benzene rings is 2. The van der Waals surface area contributed by atoms with E-state index in [1.165, 1.54) is 0 Å². The predicted molar refractivity (Wildman–Crippen MR) is 190 cm³/mol. The predicted octanol–water partition coefficient (Wildman–Crippen LogP) is 6.22. The summed E-state index contributed by atoms with van der Waals surface area (Å²) in [4.78, 5) is 49.7. The van der Waals surface area contributed by atoms with Crippen LogP contribution in [0.4, 0.5) is 11.4 Å². The minimum absolute atomic E-state index is 0.0408. The van der Waals surface area contributed by atoms with Crippen LogP contribution in [0.3, 0.4) is 0 Å². The number of amides is 3. The molecular formula is C37H46ClN3O5S. The van der Waals surface area contributed by atoms with Crippen molar-refractivity contribution < 1.29 is 24.2 Å². The van der Waals surface area contributed by atoms with E-state index < -0.39 is 28.7 Å². The third-order valence-electron chi connectivity index (χ3n) is 10.3. The molecule has 5 rings (SSSR count). The molecule has 2 aromatic rings. The molecule has 3 saturated heterocycles. The van der Waals surface area contributed by atoms with Crippen molar-refractivity contribution in [2.75, 3.05) is 36.1 Å². The van der Waals surface area contributed by atoms with Crippen LogP contribution in [-0.2, 0) is 14.4 Å². The van der Waals surface area contributed by atoms with Gasteiger partial charge < -0.3 is 24.5 Å². The molecule has 1 spiro atoms. The van der Waals surface area contributed by atoms with Crippen molar-refractivity contribution in [3.63, 3.8) is 0 Å². The number of ether oxygens (including phenoxy) is 1. The van der Waals surface area contributed by atoms with Crippen molar-refractivity contribution in [2.24, 2.45) is 23.7 Å². The van der Waals surface area contributed by atoms with Gasteiger partial charge >= 0.3 is 0 Å². The van der Waals surface area contributed by atoms with Crippen LogP contribution < -0.4 is 14.5 Å². The van der Waals surface area contributed by atoms with Crippen molar-refractivity contribution in [3.8, 4) is 5.75 Å². The summed E-state index contributed by atoms with van der Waals surface area (Å²) in [5, 5.41) is 11.0. The lowest BCUT2D eigenvalue weighted by molar-refractivity contribution is -0.143. The van der Waals surface area contributed by atoms with Crippen LogP contribution in [0.25, 0.3) is 0 Å². The zero-order valence-electron chi connectivity index (χ0n) is 27.7. The number of likely N-dealkylation sites (tertiary alicyclic amines) is 1. The summed E-state index contributed by atoms with van der Waals surface area (Å²) in [5.41, 5.74) is 1.22. The molecule has 8 nitrogen and oxygen atoms in total. The van der Waals surface area contributed by atoms with Gasteiger partial charge in [-0.2, -0.15) is 0 Å². The largest absolute Gasteiger partial charge is 0.494 e. The van der Waals surface area contributed by atoms with Gasteiger partial charge in [0.1, 0.15) is 11.8 Å². The molecule has 0 aromatic heterocycles. The highest BCUT2D eigenvalue weighted by molar-refractivity contribution is 8.02. The van der Waals surface area contributed by atoms with Crippen LogP contribution >= 0.6 is 23.4 Å². The van der Waals surface area contributed by atoms with Crippen LogP contribution in [0.2, 0.25) is 5.02 Å². The normalized spacial score (nSPS) is 27.2. The molecule has 252 valence electrons. The van der Waals surface area contributed by atoms with Gasteiger partial charge in [0.2, 0.25) is 11.8 Å². The maximum Gasteiger partial charge on any atom is 0.251 e. The zero-order valence-corrected chi connectivity index (χ0v) is 29.3. The first-order chi connectivity index (χ1) is 22.6. The van der Waals surface area contributed by atoms with Crippen molar-refractivity contribution in [2.45, 2.75) is 62.6 Å². The minimum Gasteiger partial charge on any atom is -0.494 e. The van der Waals surface area contributed by atoms with E-state index in [4.69, 9.17) is 16.3 Å². The van der Waals surface area contributed by atoms with Crippen LogP contribution in [0.1, 0.15) is 40.5 Å². The summed E-state index contributed by atoms with van der Waals surface area (Å²) < 4.78 is 4.74. The third kappa shape index (κ3) is 5.89. The lowest BCUT2D eigenvalue weighted by Crippen LogP contribution is -2.60. The number of thioether (sulfide) groups is 1. The Morgan fingerprint density at radius 3 is 2.36 bits per heavy atom. The average Bonchev–Trinajstić information content (AvgIpc) is 3.67. The number of para-hydroxylation sites is 1. The van der Waals surface area contributed by atoms with E-state index in [2.05, 4.69) is 20.1 Å². The summed E-state index contributed by atoms with van der Waals surface area (Å²) in [6.45, 7) is 16.5. The van der Waals surface area contributed by atoms with E-state index in [0.717, 1.165) is 0 Å². The molecule has 10 heteroatoms. The SMILES string of the molecule is C=CCN(C(=O)[C@@H]1[C@H]2C(=O)N([C@@H](CO)[C@@H](C)CC)C(C(=O)N(CC=C)c3ccccc3Cl)C23S[C@@H]1CC3C)c1ccc(OCC)cc1. The maximum atomic E-state index is 15.1. The number of carbonyl (C=O) groups is 3. The first kappa shape index (κ1) is 35.0. The van der Waals surface area contributed by atoms with Gasteiger partial charge in [0.05, 0.1) is 46.5 Å². The van der Waals surface area contributed by atoms with Gasteiger partial charge in [-0.15, -0.1) is 24.9 Å². The first-order valence-corrected chi connectivity index (χ1v) is 17.8. The molecule has 8 atom stereocenters. The van der Waals surface area contributed by atoms with Crippen molar-refractivity contribution >= 4 is 52.5 Å². The lowest BCUT2D eigenvalue weighted by Gasteiger charge is -2.43. The van der Waals surface area contributed by atoms with E-state index in [9.17, 15) is 14.7 Å². The van der Waals surface area contributed by atoms with E-state index >= 15 is 4.79 Å². The molecule has 0 radical (unpaired) electrons. The van der Waals surface area contributed by atoms with Gasteiger partial charge in [0.25, 0.3) is 5.91 Å². The standard InChI is InChI=1S/C37H46ClN3O5S/c1-7-19-39(25-15-17-26(18-16-25)46-10-4)34(43)31-30-21-24(6)37(47-30)32(31)35(44)41(29(22-42)23(5)9-3)33(37)36(45)40(20-8-2)28-14-12-11-13-27(28)38/h7-8,11-18,23-24,29-33,42H,1-2,9-10,19-22H2,3-6H3/t23-,24?,29-,30+,31-,32-,33?,37?/m0/s1. The number of aliphatic hydroxyl groups is 1. The highest BCUT2D eigenvalue weighted by atomic mass is 35.5. The number of hydrogen-bond donors (Lipinski definition) is 1.